The molecule has 0 amide bonds. The molecule has 0 saturated carbocycles. The van der Waals surface area contributed by atoms with E-state index in [1.54, 1.807) is 31.4 Å². The molecule has 1 heterocycles. The van der Waals surface area contributed by atoms with Gasteiger partial charge < -0.3 is 14.6 Å². The van der Waals surface area contributed by atoms with Gasteiger partial charge in [0.25, 0.3) is 0 Å². The number of carboxylic acids is 1. The molecule has 1 atom stereocenters. The van der Waals surface area contributed by atoms with Gasteiger partial charge in [-0.3, -0.25) is 4.79 Å². The molecule has 1 aromatic carbocycles. The number of ether oxygens (including phenoxy) is 2. The van der Waals surface area contributed by atoms with Crippen LogP contribution in [0.4, 0.5) is 0 Å². The van der Waals surface area contributed by atoms with Crippen LogP contribution in [0.15, 0.2) is 24.3 Å². The van der Waals surface area contributed by atoms with Crippen LogP contribution in [0, 0.1) is 0 Å². The number of hydrogen-bond donors (Lipinski definition) is 1. The molecule has 4 heteroatoms. The second-order valence-corrected chi connectivity index (χ2v) is 3.92. The summed E-state index contributed by atoms with van der Waals surface area (Å²) < 4.78 is 10.3. The van der Waals surface area contributed by atoms with Crippen LogP contribution < -0.4 is 4.74 Å². The first-order valence-corrected chi connectivity index (χ1v) is 5.15. The van der Waals surface area contributed by atoms with Crippen LogP contribution >= 0.6 is 0 Å². The Morgan fingerprint density at radius 2 is 2.12 bits per heavy atom. The van der Waals surface area contributed by atoms with Crippen LogP contribution in [0.5, 0.6) is 5.75 Å². The van der Waals surface area contributed by atoms with Crippen molar-refractivity contribution in [2.75, 3.05) is 20.3 Å². The minimum Gasteiger partial charge on any atom is -0.497 e. The number of rotatable bonds is 3. The average Bonchev–Trinajstić information content (AvgIpc) is 2.79. The van der Waals surface area contributed by atoms with E-state index in [0.29, 0.717) is 13.0 Å². The molecule has 1 unspecified atom stereocenters. The fourth-order valence-corrected chi connectivity index (χ4v) is 1.99. The summed E-state index contributed by atoms with van der Waals surface area (Å²) in [6.07, 6.45) is 0.522. The molecule has 1 aliphatic rings. The quantitative estimate of drug-likeness (QED) is 0.840. The third kappa shape index (κ3) is 1.65. The normalized spacial score (nSPS) is 24.3. The highest BCUT2D eigenvalue weighted by atomic mass is 16.5. The SMILES string of the molecule is COc1ccc(C2(C(=O)O)CCOC2)cc1. The number of methoxy groups -OCH3 is 1. The van der Waals surface area contributed by atoms with Crippen molar-refractivity contribution in [1.29, 1.82) is 0 Å². The highest BCUT2D eigenvalue weighted by Gasteiger charge is 2.44. The van der Waals surface area contributed by atoms with Gasteiger partial charge in [-0.25, -0.2) is 0 Å². The molecule has 4 nitrogen and oxygen atoms in total. The molecule has 16 heavy (non-hydrogen) atoms. The van der Waals surface area contributed by atoms with Gasteiger partial charge >= 0.3 is 5.97 Å². The summed E-state index contributed by atoms with van der Waals surface area (Å²) in [5.41, 5.74) is -0.106. The zero-order valence-electron chi connectivity index (χ0n) is 9.10. The summed E-state index contributed by atoms with van der Waals surface area (Å²) >= 11 is 0. The standard InChI is InChI=1S/C12H14O4/c1-15-10-4-2-9(3-5-10)12(11(13)14)6-7-16-8-12/h2-5H,6-8H2,1H3,(H,13,14). The molecular weight excluding hydrogens is 208 g/mol. The van der Waals surface area contributed by atoms with Gasteiger partial charge in [0.05, 0.1) is 13.7 Å². The van der Waals surface area contributed by atoms with Crippen molar-refractivity contribution >= 4 is 5.97 Å². The van der Waals surface area contributed by atoms with Crippen LogP contribution in [0.1, 0.15) is 12.0 Å². The molecule has 1 fully saturated rings. The van der Waals surface area contributed by atoms with Crippen molar-refractivity contribution in [3.63, 3.8) is 0 Å². The van der Waals surface area contributed by atoms with Crippen molar-refractivity contribution in [2.45, 2.75) is 11.8 Å². The minimum atomic E-state index is -0.883. The number of aliphatic carboxylic acids is 1. The summed E-state index contributed by atoms with van der Waals surface area (Å²) in [6, 6.07) is 7.14. The van der Waals surface area contributed by atoms with Crippen molar-refractivity contribution in [3.8, 4) is 5.75 Å². The first-order chi connectivity index (χ1) is 7.69. The summed E-state index contributed by atoms with van der Waals surface area (Å²) in [4.78, 5) is 11.4. The highest BCUT2D eigenvalue weighted by Crippen LogP contribution is 2.34. The second kappa shape index (κ2) is 4.14. The molecule has 1 saturated heterocycles. The molecule has 0 spiro atoms. The first kappa shape index (κ1) is 11.0. The minimum absolute atomic E-state index is 0.245. The van der Waals surface area contributed by atoms with Crippen molar-refractivity contribution in [3.05, 3.63) is 29.8 Å². The van der Waals surface area contributed by atoms with Gasteiger partial charge in [-0.2, -0.15) is 0 Å². The fraction of sp³-hybridized carbons (Fsp3) is 0.417. The van der Waals surface area contributed by atoms with Crippen molar-refractivity contribution < 1.29 is 19.4 Å². The Bertz CT molecular complexity index is 377. The summed E-state index contributed by atoms with van der Waals surface area (Å²) in [5, 5.41) is 9.33. The Hall–Kier alpha value is -1.55. The Morgan fingerprint density at radius 1 is 1.44 bits per heavy atom. The Morgan fingerprint density at radius 3 is 2.56 bits per heavy atom. The van der Waals surface area contributed by atoms with E-state index in [1.165, 1.54) is 0 Å². The van der Waals surface area contributed by atoms with E-state index in [-0.39, 0.29) is 6.61 Å². The molecule has 1 N–H and O–H groups in total. The molecule has 1 aromatic rings. The largest absolute Gasteiger partial charge is 0.497 e. The molecular formula is C12H14O4. The second-order valence-electron chi connectivity index (χ2n) is 3.92. The van der Waals surface area contributed by atoms with Crippen LogP contribution in [-0.4, -0.2) is 31.4 Å². The summed E-state index contributed by atoms with van der Waals surface area (Å²) in [7, 11) is 1.58. The van der Waals surface area contributed by atoms with Gasteiger partial charge in [-0.1, -0.05) is 12.1 Å². The number of carboxylic acid groups (broad SMARTS) is 1. The van der Waals surface area contributed by atoms with Crippen LogP contribution in [0.25, 0.3) is 0 Å². The van der Waals surface area contributed by atoms with E-state index in [2.05, 4.69) is 0 Å². The number of carbonyl (C=O) groups is 1. The van der Waals surface area contributed by atoms with Crippen molar-refractivity contribution in [1.82, 2.24) is 0 Å². The maximum absolute atomic E-state index is 11.4. The lowest BCUT2D eigenvalue weighted by Crippen LogP contribution is -2.36. The van der Waals surface area contributed by atoms with Gasteiger partial charge in [-0.05, 0) is 24.1 Å². The predicted molar refractivity (Wildman–Crippen MR) is 57.7 cm³/mol. The monoisotopic (exact) mass is 222 g/mol. The van der Waals surface area contributed by atoms with E-state index >= 15 is 0 Å². The topological polar surface area (TPSA) is 55.8 Å². The fourth-order valence-electron chi connectivity index (χ4n) is 1.99. The van der Waals surface area contributed by atoms with Crippen LogP contribution in [-0.2, 0) is 14.9 Å². The summed E-state index contributed by atoms with van der Waals surface area (Å²) in [6.45, 7) is 0.743. The smallest absolute Gasteiger partial charge is 0.316 e. The molecule has 1 aliphatic heterocycles. The van der Waals surface area contributed by atoms with Gasteiger partial charge in [0.2, 0.25) is 0 Å². The number of hydrogen-bond acceptors (Lipinski definition) is 3. The molecule has 0 aromatic heterocycles. The van der Waals surface area contributed by atoms with Gasteiger partial charge in [-0.15, -0.1) is 0 Å². The Balaban J connectivity index is 2.36. The van der Waals surface area contributed by atoms with Gasteiger partial charge in [0.1, 0.15) is 11.2 Å². The molecule has 2 rings (SSSR count). The first-order valence-electron chi connectivity index (χ1n) is 5.15. The van der Waals surface area contributed by atoms with Crippen LogP contribution in [0.3, 0.4) is 0 Å². The zero-order chi connectivity index (χ0) is 11.6. The van der Waals surface area contributed by atoms with E-state index in [4.69, 9.17) is 9.47 Å². The van der Waals surface area contributed by atoms with E-state index < -0.39 is 11.4 Å². The third-order valence-electron chi connectivity index (χ3n) is 3.07. The average molecular weight is 222 g/mol. The van der Waals surface area contributed by atoms with Gasteiger partial charge in [0.15, 0.2) is 0 Å². The van der Waals surface area contributed by atoms with Gasteiger partial charge in [0, 0.05) is 6.61 Å². The lowest BCUT2D eigenvalue weighted by Gasteiger charge is -2.22. The molecule has 0 bridgehead atoms. The predicted octanol–water partition coefficient (Wildman–Crippen LogP) is 1.44. The third-order valence-corrected chi connectivity index (χ3v) is 3.07. The van der Waals surface area contributed by atoms with Crippen LogP contribution in [0.2, 0.25) is 0 Å². The maximum Gasteiger partial charge on any atom is 0.316 e. The summed E-state index contributed by atoms with van der Waals surface area (Å²) in [5.74, 6) is -0.0987. The molecule has 0 aliphatic carbocycles. The highest BCUT2D eigenvalue weighted by molar-refractivity contribution is 5.82. The Kier molecular flexibility index (Phi) is 2.83. The number of benzene rings is 1. The maximum atomic E-state index is 11.4. The van der Waals surface area contributed by atoms with E-state index in [0.717, 1.165) is 11.3 Å². The van der Waals surface area contributed by atoms with Crippen molar-refractivity contribution in [2.24, 2.45) is 0 Å². The molecule has 86 valence electrons. The molecule has 0 radical (unpaired) electrons. The van der Waals surface area contributed by atoms with E-state index in [9.17, 15) is 9.90 Å². The lowest BCUT2D eigenvalue weighted by molar-refractivity contribution is -0.143. The lowest BCUT2D eigenvalue weighted by atomic mass is 9.80. The van der Waals surface area contributed by atoms with E-state index in [1.807, 2.05) is 0 Å². The zero-order valence-corrected chi connectivity index (χ0v) is 9.10. The Labute approximate surface area is 93.8 Å².